The van der Waals surface area contributed by atoms with Gasteiger partial charge in [0.15, 0.2) is 0 Å². The van der Waals surface area contributed by atoms with E-state index in [-0.39, 0.29) is 6.61 Å². The lowest BCUT2D eigenvalue weighted by molar-refractivity contribution is 0.282. The molecule has 0 spiro atoms. The summed E-state index contributed by atoms with van der Waals surface area (Å²) < 4.78 is 2.00. The third-order valence-corrected chi connectivity index (χ3v) is 6.36. The number of aromatic nitrogens is 3. The van der Waals surface area contributed by atoms with E-state index in [0.29, 0.717) is 0 Å². The molecule has 0 saturated heterocycles. The van der Waals surface area contributed by atoms with Crippen LogP contribution in [-0.2, 0) is 13.2 Å². The van der Waals surface area contributed by atoms with E-state index in [1.165, 1.54) is 32.1 Å². The van der Waals surface area contributed by atoms with Gasteiger partial charge in [-0.25, -0.2) is 0 Å². The van der Waals surface area contributed by atoms with Crippen molar-refractivity contribution in [3.05, 3.63) is 36.0 Å². The summed E-state index contributed by atoms with van der Waals surface area (Å²) in [4.78, 5) is 1.13. The molecule has 4 rings (SSSR count). The van der Waals surface area contributed by atoms with Crippen molar-refractivity contribution in [2.75, 3.05) is 0 Å². The molecule has 0 aliphatic heterocycles. The zero-order chi connectivity index (χ0) is 15.6. The fourth-order valence-corrected chi connectivity index (χ4v) is 5.01. The number of nitrogens with zero attached hydrogens (tertiary/aromatic N) is 3. The second kappa shape index (κ2) is 6.65. The van der Waals surface area contributed by atoms with Gasteiger partial charge in [0.25, 0.3) is 0 Å². The Hall–Kier alpha value is -1.33. The number of rotatable bonds is 6. The molecule has 1 N–H and O–H groups in total. The van der Waals surface area contributed by atoms with Gasteiger partial charge in [-0.3, -0.25) is 4.68 Å². The maximum absolute atomic E-state index is 9.08. The standard InChI is InChI=1S/C18H23N3OS/c22-12-13-2-5-17(6-3-13)23-18-11-21(20-19-18)8-7-16-10-14-1-4-15(16)9-14/h2-3,5-6,11,14-16,22H,1,4,7-10,12H2. The van der Waals surface area contributed by atoms with Gasteiger partial charge in [-0.15, -0.1) is 5.10 Å². The first kappa shape index (κ1) is 15.2. The Bertz CT molecular complexity index is 655. The molecule has 2 aromatic rings. The molecule has 1 aromatic carbocycles. The van der Waals surface area contributed by atoms with E-state index in [2.05, 4.69) is 16.5 Å². The number of benzene rings is 1. The predicted octanol–water partition coefficient (Wildman–Crippen LogP) is 3.75. The van der Waals surface area contributed by atoms with Crippen molar-refractivity contribution in [3.8, 4) is 0 Å². The average molecular weight is 329 g/mol. The molecule has 2 bridgehead atoms. The Morgan fingerprint density at radius 2 is 2.04 bits per heavy atom. The van der Waals surface area contributed by atoms with Crippen LogP contribution in [0.4, 0.5) is 0 Å². The fraction of sp³-hybridized carbons (Fsp3) is 0.556. The highest BCUT2D eigenvalue weighted by Gasteiger charge is 2.38. The average Bonchev–Trinajstić information content (AvgIpc) is 3.30. The molecule has 0 radical (unpaired) electrons. The molecule has 1 heterocycles. The van der Waals surface area contributed by atoms with Gasteiger partial charge in [-0.2, -0.15) is 0 Å². The highest BCUT2D eigenvalue weighted by Crippen LogP contribution is 2.49. The molecule has 2 saturated carbocycles. The Morgan fingerprint density at radius 1 is 1.17 bits per heavy atom. The summed E-state index contributed by atoms with van der Waals surface area (Å²) >= 11 is 1.62. The van der Waals surface area contributed by atoms with Crippen molar-refractivity contribution in [3.63, 3.8) is 0 Å². The molecule has 3 unspecified atom stereocenters. The van der Waals surface area contributed by atoms with Crippen LogP contribution in [0, 0.1) is 17.8 Å². The number of aliphatic hydroxyl groups is 1. The summed E-state index contributed by atoms with van der Waals surface area (Å²) in [5.41, 5.74) is 0.934. The number of hydrogen-bond acceptors (Lipinski definition) is 4. The van der Waals surface area contributed by atoms with Gasteiger partial charge in [0.2, 0.25) is 0 Å². The van der Waals surface area contributed by atoms with Gasteiger partial charge >= 0.3 is 0 Å². The highest BCUT2D eigenvalue weighted by molar-refractivity contribution is 7.99. The molecule has 2 aliphatic carbocycles. The van der Waals surface area contributed by atoms with E-state index >= 15 is 0 Å². The monoisotopic (exact) mass is 329 g/mol. The lowest BCUT2D eigenvalue weighted by Gasteiger charge is -2.21. The van der Waals surface area contributed by atoms with E-state index in [4.69, 9.17) is 5.11 Å². The topological polar surface area (TPSA) is 50.9 Å². The first-order chi connectivity index (χ1) is 11.3. The molecule has 23 heavy (non-hydrogen) atoms. The van der Waals surface area contributed by atoms with E-state index < -0.39 is 0 Å². The molecule has 0 amide bonds. The SMILES string of the molecule is OCc1ccc(Sc2cn(CCC3CC4CCC3C4)nn2)cc1. The Kier molecular flexibility index (Phi) is 4.40. The van der Waals surface area contributed by atoms with Crippen LogP contribution in [-0.4, -0.2) is 20.1 Å². The van der Waals surface area contributed by atoms with Crippen molar-refractivity contribution in [2.24, 2.45) is 17.8 Å². The first-order valence-electron chi connectivity index (χ1n) is 8.58. The van der Waals surface area contributed by atoms with Gasteiger partial charge in [-0.05, 0) is 61.1 Å². The van der Waals surface area contributed by atoms with E-state index in [0.717, 1.165) is 39.8 Å². The summed E-state index contributed by atoms with van der Waals surface area (Å²) in [6.07, 6.45) is 9.15. The van der Waals surface area contributed by atoms with Crippen molar-refractivity contribution in [1.29, 1.82) is 0 Å². The van der Waals surface area contributed by atoms with Gasteiger partial charge in [0.1, 0.15) is 5.03 Å². The summed E-state index contributed by atoms with van der Waals surface area (Å²) in [7, 11) is 0. The minimum absolute atomic E-state index is 0.0874. The van der Waals surface area contributed by atoms with Crippen molar-refractivity contribution in [2.45, 2.75) is 55.2 Å². The molecule has 4 nitrogen and oxygen atoms in total. The number of aliphatic hydroxyl groups excluding tert-OH is 1. The zero-order valence-electron chi connectivity index (χ0n) is 13.3. The Balaban J connectivity index is 1.31. The molecule has 5 heteroatoms. The second-order valence-corrected chi connectivity index (χ2v) is 8.04. The molecular weight excluding hydrogens is 306 g/mol. The summed E-state index contributed by atoms with van der Waals surface area (Å²) in [5, 5.41) is 18.6. The summed E-state index contributed by atoms with van der Waals surface area (Å²) in [5.74, 6) is 2.93. The molecule has 1 aromatic heterocycles. The van der Waals surface area contributed by atoms with Crippen molar-refractivity contribution in [1.82, 2.24) is 15.0 Å². The van der Waals surface area contributed by atoms with Gasteiger partial charge in [0, 0.05) is 11.4 Å². The van der Waals surface area contributed by atoms with E-state index in [1.54, 1.807) is 11.8 Å². The van der Waals surface area contributed by atoms with Crippen LogP contribution in [0.5, 0.6) is 0 Å². The van der Waals surface area contributed by atoms with E-state index in [9.17, 15) is 0 Å². The largest absolute Gasteiger partial charge is 0.392 e. The number of fused-ring (bicyclic) bond motifs is 2. The van der Waals surface area contributed by atoms with Crippen LogP contribution in [0.15, 0.2) is 40.4 Å². The van der Waals surface area contributed by atoms with Gasteiger partial charge < -0.3 is 5.11 Å². The molecule has 3 atom stereocenters. The second-order valence-electron chi connectivity index (χ2n) is 6.95. The van der Waals surface area contributed by atoms with Crippen molar-refractivity contribution < 1.29 is 5.11 Å². The van der Waals surface area contributed by atoms with Gasteiger partial charge in [-0.1, -0.05) is 35.5 Å². The van der Waals surface area contributed by atoms with Crippen LogP contribution in [0.1, 0.15) is 37.7 Å². The smallest absolute Gasteiger partial charge is 0.143 e. The number of aryl methyl sites for hydroxylation is 1. The summed E-state index contributed by atoms with van der Waals surface area (Å²) in [6, 6.07) is 7.93. The first-order valence-corrected chi connectivity index (χ1v) is 9.39. The minimum Gasteiger partial charge on any atom is -0.392 e. The lowest BCUT2D eigenvalue weighted by atomic mass is 9.86. The minimum atomic E-state index is 0.0874. The van der Waals surface area contributed by atoms with Crippen LogP contribution in [0.2, 0.25) is 0 Å². The Morgan fingerprint density at radius 3 is 2.74 bits per heavy atom. The third kappa shape index (κ3) is 3.45. The maximum atomic E-state index is 9.08. The molecule has 2 aliphatic rings. The molecule has 2 fully saturated rings. The van der Waals surface area contributed by atoms with Crippen LogP contribution in [0.25, 0.3) is 0 Å². The lowest BCUT2D eigenvalue weighted by Crippen LogP contribution is -2.13. The quantitative estimate of drug-likeness (QED) is 0.877. The highest BCUT2D eigenvalue weighted by atomic mass is 32.2. The molecular formula is C18H23N3OS. The molecule has 122 valence electrons. The Labute approximate surface area is 141 Å². The maximum Gasteiger partial charge on any atom is 0.143 e. The predicted molar refractivity (Wildman–Crippen MR) is 90.1 cm³/mol. The van der Waals surface area contributed by atoms with Crippen LogP contribution < -0.4 is 0 Å². The van der Waals surface area contributed by atoms with Crippen LogP contribution >= 0.6 is 11.8 Å². The fourth-order valence-electron chi connectivity index (χ4n) is 4.25. The number of hydrogen-bond donors (Lipinski definition) is 1. The summed E-state index contributed by atoms with van der Waals surface area (Å²) in [6.45, 7) is 1.08. The van der Waals surface area contributed by atoms with Crippen molar-refractivity contribution >= 4 is 11.8 Å². The van der Waals surface area contributed by atoms with Crippen LogP contribution in [0.3, 0.4) is 0 Å². The third-order valence-electron chi connectivity index (χ3n) is 5.46. The zero-order valence-corrected chi connectivity index (χ0v) is 14.1. The normalized spacial score (nSPS) is 26.0. The van der Waals surface area contributed by atoms with E-state index in [1.807, 2.05) is 28.9 Å². The van der Waals surface area contributed by atoms with Gasteiger partial charge in [0.05, 0.1) is 12.8 Å².